The van der Waals surface area contributed by atoms with Gasteiger partial charge in [-0.2, -0.15) is 5.10 Å². The molecule has 0 aliphatic rings. The first-order valence-corrected chi connectivity index (χ1v) is 6.54. The van der Waals surface area contributed by atoms with Crippen LogP contribution in [-0.4, -0.2) is 32.8 Å². The number of hydrogen-bond acceptors (Lipinski definition) is 3. The van der Waals surface area contributed by atoms with Gasteiger partial charge in [0.25, 0.3) is 5.91 Å². The van der Waals surface area contributed by atoms with Gasteiger partial charge in [0.05, 0.1) is 0 Å². The molecule has 0 radical (unpaired) electrons. The standard InChI is InChI=1S/C13H21N3O3/c1-4-5-6-11(13(18)19)14-12(17)10-7-8-16(15-10)9(2)3/h7-9,11H,4-6H2,1-3H3,(H,14,17)(H,18,19). The molecular weight excluding hydrogens is 246 g/mol. The third-order valence-corrected chi connectivity index (χ3v) is 2.82. The molecule has 1 rings (SSSR count). The molecule has 0 bridgehead atoms. The van der Waals surface area contributed by atoms with Crippen LogP contribution in [0.25, 0.3) is 0 Å². The maximum atomic E-state index is 11.9. The van der Waals surface area contributed by atoms with Crippen molar-refractivity contribution in [2.45, 2.75) is 52.1 Å². The molecule has 1 heterocycles. The van der Waals surface area contributed by atoms with Crippen LogP contribution in [0.2, 0.25) is 0 Å². The first-order valence-electron chi connectivity index (χ1n) is 6.54. The monoisotopic (exact) mass is 267 g/mol. The number of rotatable bonds is 7. The maximum absolute atomic E-state index is 11.9. The van der Waals surface area contributed by atoms with E-state index >= 15 is 0 Å². The van der Waals surface area contributed by atoms with Crippen LogP contribution in [0.4, 0.5) is 0 Å². The molecule has 1 aromatic heterocycles. The summed E-state index contributed by atoms with van der Waals surface area (Å²) >= 11 is 0. The molecule has 6 heteroatoms. The number of carbonyl (C=O) groups excluding carboxylic acids is 1. The maximum Gasteiger partial charge on any atom is 0.326 e. The number of nitrogens with zero attached hydrogens (tertiary/aromatic N) is 2. The van der Waals surface area contributed by atoms with E-state index in [9.17, 15) is 9.59 Å². The Balaban J connectivity index is 2.67. The second-order valence-corrected chi connectivity index (χ2v) is 4.78. The zero-order chi connectivity index (χ0) is 14.4. The fourth-order valence-electron chi connectivity index (χ4n) is 1.64. The van der Waals surface area contributed by atoms with E-state index in [1.54, 1.807) is 16.9 Å². The van der Waals surface area contributed by atoms with Gasteiger partial charge in [0.1, 0.15) is 11.7 Å². The van der Waals surface area contributed by atoms with Gasteiger partial charge in [0.15, 0.2) is 0 Å². The number of nitrogens with one attached hydrogen (secondary N) is 1. The first kappa shape index (κ1) is 15.2. The van der Waals surface area contributed by atoms with Crippen molar-refractivity contribution in [3.05, 3.63) is 18.0 Å². The van der Waals surface area contributed by atoms with Gasteiger partial charge in [-0.25, -0.2) is 4.79 Å². The summed E-state index contributed by atoms with van der Waals surface area (Å²) in [5.41, 5.74) is 0.247. The van der Waals surface area contributed by atoms with Crippen molar-refractivity contribution in [2.24, 2.45) is 0 Å². The van der Waals surface area contributed by atoms with Crippen LogP contribution < -0.4 is 5.32 Å². The lowest BCUT2D eigenvalue weighted by Crippen LogP contribution is -2.40. The number of carbonyl (C=O) groups is 2. The number of hydrogen-bond donors (Lipinski definition) is 2. The molecule has 0 saturated heterocycles. The lowest BCUT2D eigenvalue weighted by molar-refractivity contribution is -0.139. The quantitative estimate of drug-likeness (QED) is 0.789. The van der Waals surface area contributed by atoms with Gasteiger partial charge in [0, 0.05) is 12.2 Å². The molecule has 1 unspecified atom stereocenters. The number of aliphatic carboxylic acids is 1. The Hall–Kier alpha value is -1.85. The summed E-state index contributed by atoms with van der Waals surface area (Å²) in [7, 11) is 0. The topological polar surface area (TPSA) is 84.2 Å². The minimum Gasteiger partial charge on any atom is -0.480 e. The molecule has 106 valence electrons. The van der Waals surface area contributed by atoms with Crippen molar-refractivity contribution >= 4 is 11.9 Å². The Bertz CT molecular complexity index is 440. The fourth-order valence-corrected chi connectivity index (χ4v) is 1.64. The van der Waals surface area contributed by atoms with Gasteiger partial charge < -0.3 is 10.4 Å². The predicted molar refractivity (Wildman–Crippen MR) is 71.0 cm³/mol. The Morgan fingerprint density at radius 3 is 2.63 bits per heavy atom. The van der Waals surface area contributed by atoms with Crippen molar-refractivity contribution in [2.75, 3.05) is 0 Å². The average molecular weight is 267 g/mol. The van der Waals surface area contributed by atoms with Crippen LogP contribution in [0.1, 0.15) is 56.6 Å². The minimum absolute atomic E-state index is 0.164. The molecule has 2 N–H and O–H groups in total. The van der Waals surface area contributed by atoms with Crippen LogP contribution in [0, 0.1) is 0 Å². The van der Waals surface area contributed by atoms with Crippen LogP contribution in [0.15, 0.2) is 12.3 Å². The molecule has 19 heavy (non-hydrogen) atoms. The zero-order valence-corrected chi connectivity index (χ0v) is 11.6. The molecule has 0 aliphatic carbocycles. The van der Waals surface area contributed by atoms with Gasteiger partial charge in [-0.05, 0) is 26.3 Å². The van der Waals surface area contributed by atoms with E-state index in [1.807, 2.05) is 20.8 Å². The van der Waals surface area contributed by atoms with Crippen LogP contribution in [-0.2, 0) is 4.79 Å². The van der Waals surface area contributed by atoms with Crippen LogP contribution >= 0.6 is 0 Å². The number of amides is 1. The molecule has 1 aromatic rings. The molecule has 0 aromatic carbocycles. The summed E-state index contributed by atoms with van der Waals surface area (Å²) in [6.45, 7) is 5.89. The Morgan fingerprint density at radius 2 is 2.16 bits per heavy atom. The lowest BCUT2D eigenvalue weighted by Gasteiger charge is -2.13. The molecule has 0 saturated carbocycles. The van der Waals surface area contributed by atoms with Crippen molar-refractivity contribution in [3.8, 4) is 0 Å². The second kappa shape index (κ2) is 6.92. The largest absolute Gasteiger partial charge is 0.480 e. The smallest absolute Gasteiger partial charge is 0.326 e. The van der Waals surface area contributed by atoms with E-state index in [-0.39, 0.29) is 11.7 Å². The van der Waals surface area contributed by atoms with E-state index < -0.39 is 17.9 Å². The van der Waals surface area contributed by atoms with E-state index in [0.29, 0.717) is 6.42 Å². The first-order chi connectivity index (χ1) is 8.95. The van der Waals surface area contributed by atoms with E-state index in [0.717, 1.165) is 12.8 Å². The minimum atomic E-state index is -1.01. The van der Waals surface area contributed by atoms with E-state index in [2.05, 4.69) is 10.4 Å². The van der Waals surface area contributed by atoms with Gasteiger partial charge in [-0.3, -0.25) is 9.48 Å². The molecule has 0 spiro atoms. The third-order valence-electron chi connectivity index (χ3n) is 2.82. The summed E-state index contributed by atoms with van der Waals surface area (Å²) < 4.78 is 1.66. The highest BCUT2D eigenvalue weighted by Crippen LogP contribution is 2.06. The number of aromatic nitrogens is 2. The third kappa shape index (κ3) is 4.39. The normalized spacial score (nSPS) is 12.4. The summed E-state index contributed by atoms with van der Waals surface area (Å²) in [6, 6.07) is 0.905. The van der Waals surface area contributed by atoms with Gasteiger partial charge >= 0.3 is 5.97 Å². The SMILES string of the molecule is CCCCC(NC(=O)c1ccn(C(C)C)n1)C(=O)O. The number of carboxylic acids is 1. The molecule has 0 aliphatic heterocycles. The lowest BCUT2D eigenvalue weighted by atomic mass is 10.1. The van der Waals surface area contributed by atoms with Crippen LogP contribution in [0.5, 0.6) is 0 Å². The highest BCUT2D eigenvalue weighted by molar-refractivity contribution is 5.94. The highest BCUT2D eigenvalue weighted by Gasteiger charge is 2.21. The average Bonchev–Trinajstić information content (AvgIpc) is 2.83. The predicted octanol–water partition coefficient (Wildman–Crippen LogP) is 1.84. The van der Waals surface area contributed by atoms with E-state index in [4.69, 9.17) is 5.11 Å². The number of unbranched alkanes of at least 4 members (excludes halogenated alkanes) is 1. The van der Waals surface area contributed by atoms with Crippen molar-refractivity contribution in [3.63, 3.8) is 0 Å². The summed E-state index contributed by atoms with van der Waals surface area (Å²) in [5.74, 6) is -1.45. The molecule has 1 amide bonds. The molecule has 1 atom stereocenters. The molecular formula is C13H21N3O3. The van der Waals surface area contributed by atoms with Gasteiger partial charge in [0.2, 0.25) is 0 Å². The summed E-state index contributed by atoms with van der Waals surface area (Å²) in [6.07, 6.45) is 3.79. The second-order valence-electron chi connectivity index (χ2n) is 4.78. The molecule has 6 nitrogen and oxygen atoms in total. The molecule has 0 fully saturated rings. The van der Waals surface area contributed by atoms with Gasteiger partial charge in [-0.1, -0.05) is 19.8 Å². The van der Waals surface area contributed by atoms with Crippen molar-refractivity contribution in [1.82, 2.24) is 15.1 Å². The fraction of sp³-hybridized carbons (Fsp3) is 0.615. The summed E-state index contributed by atoms with van der Waals surface area (Å²) in [5, 5.41) is 15.7. The van der Waals surface area contributed by atoms with E-state index in [1.165, 1.54) is 0 Å². The Kier molecular flexibility index (Phi) is 5.54. The zero-order valence-electron chi connectivity index (χ0n) is 11.6. The Labute approximate surface area is 112 Å². The van der Waals surface area contributed by atoms with Gasteiger partial charge in [-0.15, -0.1) is 0 Å². The van der Waals surface area contributed by atoms with Crippen molar-refractivity contribution in [1.29, 1.82) is 0 Å². The van der Waals surface area contributed by atoms with Crippen LogP contribution in [0.3, 0.4) is 0 Å². The Morgan fingerprint density at radius 1 is 1.47 bits per heavy atom. The highest BCUT2D eigenvalue weighted by atomic mass is 16.4. The van der Waals surface area contributed by atoms with Crippen molar-refractivity contribution < 1.29 is 14.7 Å². The number of carboxylic acid groups (broad SMARTS) is 1. The summed E-state index contributed by atoms with van der Waals surface area (Å²) in [4.78, 5) is 23.0.